The monoisotopic (exact) mass is 320 g/mol. The highest BCUT2D eigenvalue weighted by molar-refractivity contribution is 6.33. The Morgan fingerprint density at radius 1 is 1.09 bits per heavy atom. The van der Waals surface area contributed by atoms with Crippen molar-refractivity contribution in [2.24, 2.45) is 0 Å². The number of hydrogen-bond acceptors (Lipinski definition) is 4. The van der Waals surface area contributed by atoms with E-state index >= 15 is 0 Å². The Morgan fingerprint density at radius 3 is 2.23 bits per heavy atom. The summed E-state index contributed by atoms with van der Waals surface area (Å²) in [5.74, 6) is -0.239. The molecule has 0 atom stereocenters. The summed E-state index contributed by atoms with van der Waals surface area (Å²) in [6.45, 7) is 5.33. The zero-order chi connectivity index (χ0) is 16.4. The van der Waals surface area contributed by atoms with Crippen molar-refractivity contribution in [2.75, 3.05) is 7.11 Å². The van der Waals surface area contributed by atoms with Gasteiger partial charge in [-0.15, -0.1) is 0 Å². The van der Waals surface area contributed by atoms with Gasteiger partial charge in [0.2, 0.25) is 0 Å². The molecule has 22 heavy (non-hydrogen) atoms. The molecule has 0 aliphatic rings. The van der Waals surface area contributed by atoms with Crippen molar-refractivity contribution in [1.29, 1.82) is 0 Å². The molecule has 5 heteroatoms. The first-order valence-corrected chi connectivity index (χ1v) is 7.09. The van der Waals surface area contributed by atoms with E-state index in [1.54, 1.807) is 26.0 Å². The highest BCUT2D eigenvalue weighted by Crippen LogP contribution is 2.43. The van der Waals surface area contributed by atoms with Crippen molar-refractivity contribution in [1.82, 2.24) is 0 Å². The second-order valence-corrected chi connectivity index (χ2v) is 5.40. The Bertz CT molecular complexity index is 721. The smallest absolute Gasteiger partial charge is 0.342 e. The molecule has 2 aromatic rings. The summed E-state index contributed by atoms with van der Waals surface area (Å²) in [5.41, 5.74) is 2.12. The number of phenols is 1. The molecule has 4 nitrogen and oxygen atoms in total. The molecule has 0 unspecified atom stereocenters. The molecule has 1 N–H and O–H groups in total. The number of methoxy groups -OCH3 is 1. The molecule has 0 aliphatic heterocycles. The molecule has 0 saturated heterocycles. The first kappa shape index (κ1) is 16.2. The number of aromatic hydroxyl groups is 1. The van der Waals surface area contributed by atoms with Crippen molar-refractivity contribution >= 4 is 17.6 Å². The van der Waals surface area contributed by atoms with E-state index < -0.39 is 5.97 Å². The van der Waals surface area contributed by atoms with Crippen molar-refractivity contribution in [3.63, 3.8) is 0 Å². The van der Waals surface area contributed by atoms with Gasteiger partial charge in [-0.3, -0.25) is 0 Å². The molecule has 116 valence electrons. The molecule has 0 aromatic heterocycles. The van der Waals surface area contributed by atoms with Crippen LogP contribution in [0.1, 0.15) is 27.0 Å². The minimum absolute atomic E-state index is 0.0141. The van der Waals surface area contributed by atoms with Crippen molar-refractivity contribution in [2.45, 2.75) is 20.8 Å². The Labute approximate surface area is 134 Å². The maximum absolute atomic E-state index is 11.9. The predicted octanol–water partition coefficient (Wildman–Crippen LogP) is 4.55. The molecule has 2 aromatic carbocycles. The van der Waals surface area contributed by atoms with E-state index in [4.69, 9.17) is 21.1 Å². The first-order chi connectivity index (χ1) is 10.4. The quantitative estimate of drug-likeness (QED) is 0.843. The van der Waals surface area contributed by atoms with Gasteiger partial charge in [0.15, 0.2) is 11.5 Å². The molecular formula is C17H17ClO4. The van der Waals surface area contributed by atoms with E-state index in [-0.39, 0.29) is 17.1 Å². The lowest BCUT2D eigenvalue weighted by atomic mass is 10.0. The lowest BCUT2D eigenvalue weighted by molar-refractivity contribution is 0.0596. The van der Waals surface area contributed by atoms with Gasteiger partial charge < -0.3 is 14.6 Å². The molecule has 0 fully saturated rings. The van der Waals surface area contributed by atoms with Gasteiger partial charge in [0, 0.05) is 5.56 Å². The number of hydrogen-bond donors (Lipinski definition) is 1. The number of halogens is 1. The topological polar surface area (TPSA) is 55.8 Å². The average Bonchev–Trinajstić information content (AvgIpc) is 2.51. The van der Waals surface area contributed by atoms with Gasteiger partial charge >= 0.3 is 5.97 Å². The van der Waals surface area contributed by atoms with E-state index in [0.717, 1.165) is 5.56 Å². The Hall–Kier alpha value is -2.20. The number of ether oxygens (including phenoxy) is 2. The second kappa shape index (κ2) is 6.28. The standard InChI is InChI=1S/C17H17ClO4/c1-9-5-7-12(8-6-9)22-16-11(3)14(18)10(2)13(15(16)19)17(20)21-4/h5-8,19H,1-4H3. The van der Waals surface area contributed by atoms with Crippen LogP contribution in [0.2, 0.25) is 5.02 Å². The van der Waals surface area contributed by atoms with Gasteiger partial charge in [-0.05, 0) is 38.5 Å². The zero-order valence-corrected chi connectivity index (χ0v) is 13.6. The Morgan fingerprint density at radius 2 is 1.68 bits per heavy atom. The fraction of sp³-hybridized carbons (Fsp3) is 0.235. The fourth-order valence-corrected chi connectivity index (χ4v) is 2.34. The van der Waals surface area contributed by atoms with Crippen LogP contribution in [0.3, 0.4) is 0 Å². The third kappa shape index (κ3) is 2.88. The van der Waals surface area contributed by atoms with Crippen LogP contribution >= 0.6 is 11.6 Å². The number of aryl methyl sites for hydroxylation is 1. The molecule has 0 bridgehead atoms. The summed E-state index contributed by atoms with van der Waals surface area (Å²) in [4.78, 5) is 11.9. The van der Waals surface area contributed by atoms with Crippen LogP contribution in [0.5, 0.6) is 17.2 Å². The molecular weight excluding hydrogens is 304 g/mol. The van der Waals surface area contributed by atoms with E-state index in [1.807, 2.05) is 19.1 Å². The maximum atomic E-state index is 11.9. The predicted molar refractivity (Wildman–Crippen MR) is 85.2 cm³/mol. The van der Waals surface area contributed by atoms with Gasteiger partial charge in [0.25, 0.3) is 0 Å². The summed E-state index contributed by atoms with van der Waals surface area (Å²) in [6, 6.07) is 7.33. The van der Waals surface area contributed by atoms with E-state index in [0.29, 0.717) is 21.9 Å². The number of phenolic OH excluding ortho intramolecular Hbond substituents is 1. The van der Waals surface area contributed by atoms with E-state index in [9.17, 15) is 9.90 Å². The maximum Gasteiger partial charge on any atom is 0.342 e. The third-order valence-electron chi connectivity index (χ3n) is 3.46. The van der Waals surface area contributed by atoms with Crippen LogP contribution in [-0.4, -0.2) is 18.2 Å². The van der Waals surface area contributed by atoms with Crippen LogP contribution in [-0.2, 0) is 4.74 Å². The summed E-state index contributed by atoms with van der Waals surface area (Å²) in [5, 5.41) is 10.8. The highest BCUT2D eigenvalue weighted by atomic mass is 35.5. The summed E-state index contributed by atoms with van der Waals surface area (Å²) >= 11 is 6.25. The number of rotatable bonds is 3. The normalized spacial score (nSPS) is 10.4. The molecule has 0 spiro atoms. The first-order valence-electron chi connectivity index (χ1n) is 6.71. The summed E-state index contributed by atoms with van der Waals surface area (Å²) in [7, 11) is 1.25. The highest BCUT2D eigenvalue weighted by Gasteiger charge is 2.25. The van der Waals surface area contributed by atoms with E-state index in [1.165, 1.54) is 7.11 Å². The van der Waals surface area contributed by atoms with E-state index in [2.05, 4.69) is 0 Å². The lowest BCUT2D eigenvalue weighted by Gasteiger charge is -2.17. The third-order valence-corrected chi connectivity index (χ3v) is 4.02. The van der Waals surface area contributed by atoms with Gasteiger partial charge in [-0.2, -0.15) is 0 Å². The zero-order valence-electron chi connectivity index (χ0n) is 12.9. The molecule has 0 amide bonds. The van der Waals surface area contributed by atoms with Gasteiger partial charge in [0.1, 0.15) is 11.3 Å². The SMILES string of the molecule is COC(=O)c1c(C)c(Cl)c(C)c(Oc2ccc(C)cc2)c1O. The minimum atomic E-state index is -0.661. The van der Waals surface area contributed by atoms with Crippen molar-refractivity contribution < 1.29 is 19.4 Å². The van der Waals surface area contributed by atoms with Crippen molar-refractivity contribution in [3.05, 3.63) is 51.5 Å². The average molecular weight is 321 g/mol. The minimum Gasteiger partial charge on any atom is -0.504 e. The molecule has 2 rings (SSSR count). The largest absolute Gasteiger partial charge is 0.504 e. The summed E-state index contributed by atoms with van der Waals surface area (Å²) < 4.78 is 10.4. The molecule has 0 radical (unpaired) electrons. The Kier molecular flexibility index (Phi) is 4.62. The Balaban J connectivity index is 2.57. The lowest BCUT2D eigenvalue weighted by Crippen LogP contribution is -2.07. The van der Waals surface area contributed by atoms with Gasteiger partial charge in [-0.1, -0.05) is 29.3 Å². The molecule has 0 heterocycles. The van der Waals surface area contributed by atoms with Gasteiger partial charge in [0.05, 0.1) is 12.1 Å². The number of carbonyl (C=O) groups is 1. The number of carbonyl (C=O) groups excluding carboxylic acids is 1. The second-order valence-electron chi connectivity index (χ2n) is 5.02. The molecule has 0 saturated carbocycles. The summed E-state index contributed by atoms with van der Waals surface area (Å²) in [6.07, 6.45) is 0. The fourth-order valence-electron chi connectivity index (χ4n) is 2.16. The van der Waals surface area contributed by atoms with Crippen LogP contribution in [0.25, 0.3) is 0 Å². The van der Waals surface area contributed by atoms with Crippen molar-refractivity contribution in [3.8, 4) is 17.2 Å². The van der Waals surface area contributed by atoms with Crippen LogP contribution in [0.15, 0.2) is 24.3 Å². The van der Waals surface area contributed by atoms with Crippen LogP contribution < -0.4 is 4.74 Å². The van der Waals surface area contributed by atoms with Crippen LogP contribution in [0.4, 0.5) is 0 Å². The molecule has 0 aliphatic carbocycles. The van der Waals surface area contributed by atoms with Crippen LogP contribution in [0, 0.1) is 20.8 Å². The number of benzene rings is 2. The van der Waals surface area contributed by atoms with Gasteiger partial charge in [-0.25, -0.2) is 4.79 Å². The number of esters is 1.